The Balaban J connectivity index is 2.95. The fraction of sp³-hybridized carbons (Fsp3) is 0.364. The minimum Gasteiger partial charge on any atom is -0.479 e. The van der Waals surface area contributed by atoms with Crippen LogP contribution in [0.15, 0.2) is 18.2 Å². The minimum absolute atomic E-state index is 0.0297. The number of carboxylic acid groups (broad SMARTS) is 1. The molecule has 0 bridgehead atoms. The summed E-state index contributed by atoms with van der Waals surface area (Å²) in [4.78, 5) is 10.8. The van der Waals surface area contributed by atoms with Crippen molar-refractivity contribution in [3.8, 4) is 5.75 Å². The second-order valence-corrected chi connectivity index (χ2v) is 3.27. The maximum absolute atomic E-state index is 13.3. The molecule has 1 rings (SSSR count). The predicted molar refractivity (Wildman–Crippen MR) is 56.6 cm³/mol. The van der Waals surface area contributed by atoms with E-state index in [4.69, 9.17) is 15.6 Å². The van der Waals surface area contributed by atoms with E-state index < -0.39 is 17.9 Å². The number of benzene rings is 1. The third kappa shape index (κ3) is 2.70. The van der Waals surface area contributed by atoms with E-state index >= 15 is 0 Å². The smallest absolute Gasteiger partial charge is 0.344 e. The maximum Gasteiger partial charge on any atom is 0.344 e. The van der Waals surface area contributed by atoms with Crippen molar-refractivity contribution in [2.24, 2.45) is 5.73 Å². The number of aliphatic carboxylic acids is 1. The van der Waals surface area contributed by atoms with Gasteiger partial charge in [0.25, 0.3) is 0 Å². The molecule has 3 N–H and O–H groups in total. The molecular formula is C11H14FNO3. The zero-order valence-corrected chi connectivity index (χ0v) is 8.94. The molecule has 0 aromatic heterocycles. The van der Waals surface area contributed by atoms with E-state index in [1.54, 1.807) is 6.92 Å². The first-order valence-electron chi connectivity index (χ1n) is 4.97. The summed E-state index contributed by atoms with van der Waals surface area (Å²) < 4.78 is 18.5. The van der Waals surface area contributed by atoms with E-state index in [2.05, 4.69) is 0 Å². The van der Waals surface area contributed by atoms with E-state index in [-0.39, 0.29) is 17.9 Å². The van der Waals surface area contributed by atoms with E-state index in [1.807, 2.05) is 0 Å². The Morgan fingerprint density at radius 2 is 2.31 bits per heavy atom. The first-order chi connectivity index (χ1) is 7.60. The Labute approximate surface area is 92.8 Å². The molecule has 0 fully saturated rings. The summed E-state index contributed by atoms with van der Waals surface area (Å²) in [6, 6.07) is 4.23. The quantitative estimate of drug-likeness (QED) is 0.800. The Bertz CT molecular complexity index is 381. The lowest BCUT2D eigenvalue weighted by atomic mass is 10.2. The molecule has 4 nitrogen and oxygen atoms in total. The average molecular weight is 227 g/mol. The van der Waals surface area contributed by atoms with Crippen molar-refractivity contribution in [1.29, 1.82) is 0 Å². The molecule has 0 aliphatic heterocycles. The Hall–Kier alpha value is -1.62. The lowest BCUT2D eigenvalue weighted by Crippen LogP contribution is -2.26. The maximum atomic E-state index is 13.3. The highest BCUT2D eigenvalue weighted by molar-refractivity contribution is 5.72. The molecule has 1 atom stereocenters. The van der Waals surface area contributed by atoms with Gasteiger partial charge in [0.15, 0.2) is 6.10 Å². The number of halogens is 1. The highest BCUT2D eigenvalue weighted by Crippen LogP contribution is 2.22. The van der Waals surface area contributed by atoms with Crippen molar-refractivity contribution in [1.82, 2.24) is 0 Å². The number of hydrogen-bond acceptors (Lipinski definition) is 3. The summed E-state index contributed by atoms with van der Waals surface area (Å²) in [6.07, 6.45) is -0.678. The molecule has 0 aliphatic rings. The number of ether oxygens (including phenoxy) is 1. The Kier molecular flexibility index (Phi) is 4.25. The van der Waals surface area contributed by atoms with Crippen LogP contribution in [-0.2, 0) is 11.3 Å². The van der Waals surface area contributed by atoms with Crippen molar-refractivity contribution in [2.75, 3.05) is 0 Å². The number of carbonyl (C=O) groups is 1. The van der Waals surface area contributed by atoms with Gasteiger partial charge in [-0.3, -0.25) is 0 Å². The molecule has 1 unspecified atom stereocenters. The van der Waals surface area contributed by atoms with Crippen molar-refractivity contribution < 1.29 is 19.0 Å². The third-order valence-corrected chi connectivity index (χ3v) is 2.20. The van der Waals surface area contributed by atoms with E-state index in [0.717, 1.165) is 0 Å². The SMILES string of the molecule is CCC(Oc1cccc(F)c1CN)C(=O)O. The van der Waals surface area contributed by atoms with Crippen LogP contribution in [0, 0.1) is 5.82 Å². The van der Waals surface area contributed by atoms with Gasteiger partial charge in [0.1, 0.15) is 11.6 Å². The Morgan fingerprint density at radius 1 is 1.62 bits per heavy atom. The van der Waals surface area contributed by atoms with Gasteiger partial charge in [-0.15, -0.1) is 0 Å². The second kappa shape index (κ2) is 5.46. The molecule has 0 aliphatic carbocycles. The van der Waals surface area contributed by atoms with Crippen LogP contribution in [0.4, 0.5) is 4.39 Å². The molecular weight excluding hydrogens is 213 g/mol. The summed E-state index contributed by atoms with van der Waals surface area (Å²) in [5.74, 6) is -1.37. The summed E-state index contributed by atoms with van der Waals surface area (Å²) in [5.41, 5.74) is 5.57. The van der Waals surface area contributed by atoms with E-state index in [9.17, 15) is 9.18 Å². The average Bonchev–Trinajstić information content (AvgIpc) is 2.25. The highest BCUT2D eigenvalue weighted by Gasteiger charge is 2.19. The number of carboxylic acids is 1. The summed E-state index contributed by atoms with van der Waals surface area (Å²) in [6.45, 7) is 1.65. The number of rotatable bonds is 5. The monoisotopic (exact) mass is 227 g/mol. The van der Waals surface area contributed by atoms with Gasteiger partial charge in [0, 0.05) is 12.1 Å². The fourth-order valence-corrected chi connectivity index (χ4v) is 1.31. The second-order valence-electron chi connectivity index (χ2n) is 3.27. The third-order valence-electron chi connectivity index (χ3n) is 2.20. The van der Waals surface area contributed by atoms with Crippen LogP contribution >= 0.6 is 0 Å². The lowest BCUT2D eigenvalue weighted by Gasteiger charge is -2.16. The van der Waals surface area contributed by atoms with Crippen LogP contribution in [-0.4, -0.2) is 17.2 Å². The van der Waals surface area contributed by atoms with Gasteiger partial charge >= 0.3 is 5.97 Å². The van der Waals surface area contributed by atoms with Crippen LogP contribution in [0.5, 0.6) is 5.75 Å². The van der Waals surface area contributed by atoms with Crippen LogP contribution in [0.2, 0.25) is 0 Å². The van der Waals surface area contributed by atoms with Gasteiger partial charge in [0.2, 0.25) is 0 Å². The van der Waals surface area contributed by atoms with E-state index in [0.29, 0.717) is 6.42 Å². The number of nitrogens with two attached hydrogens (primary N) is 1. The summed E-state index contributed by atoms with van der Waals surface area (Å²) in [7, 11) is 0. The molecule has 0 saturated heterocycles. The van der Waals surface area contributed by atoms with Crippen LogP contribution in [0.3, 0.4) is 0 Å². The van der Waals surface area contributed by atoms with Crippen LogP contribution < -0.4 is 10.5 Å². The summed E-state index contributed by atoms with van der Waals surface area (Å²) >= 11 is 0. The molecule has 0 spiro atoms. The molecule has 0 heterocycles. The van der Waals surface area contributed by atoms with Crippen LogP contribution in [0.25, 0.3) is 0 Å². The number of hydrogen-bond donors (Lipinski definition) is 2. The van der Waals surface area contributed by atoms with Crippen molar-refractivity contribution in [3.63, 3.8) is 0 Å². The van der Waals surface area contributed by atoms with Gasteiger partial charge in [-0.1, -0.05) is 13.0 Å². The molecule has 16 heavy (non-hydrogen) atoms. The van der Waals surface area contributed by atoms with Gasteiger partial charge in [0.05, 0.1) is 0 Å². The summed E-state index contributed by atoms with van der Waals surface area (Å²) in [5, 5.41) is 8.82. The molecule has 1 aromatic rings. The topological polar surface area (TPSA) is 72.5 Å². The van der Waals surface area contributed by atoms with Crippen molar-refractivity contribution in [2.45, 2.75) is 26.0 Å². The lowest BCUT2D eigenvalue weighted by molar-refractivity contribution is -0.145. The molecule has 0 saturated carbocycles. The fourth-order valence-electron chi connectivity index (χ4n) is 1.31. The normalized spacial score (nSPS) is 12.2. The zero-order chi connectivity index (χ0) is 12.1. The zero-order valence-electron chi connectivity index (χ0n) is 8.94. The standard InChI is InChI=1S/C11H14FNO3/c1-2-9(11(14)15)16-10-5-3-4-8(12)7(10)6-13/h3-5,9H,2,6,13H2,1H3,(H,14,15). The van der Waals surface area contributed by atoms with E-state index in [1.165, 1.54) is 18.2 Å². The largest absolute Gasteiger partial charge is 0.479 e. The molecule has 0 amide bonds. The Morgan fingerprint density at radius 3 is 2.81 bits per heavy atom. The molecule has 0 radical (unpaired) electrons. The minimum atomic E-state index is -1.07. The molecule has 88 valence electrons. The first kappa shape index (κ1) is 12.4. The van der Waals surface area contributed by atoms with Gasteiger partial charge < -0.3 is 15.6 Å². The van der Waals surface area contributed by atoms with Gasteiger partial charge in [-0.05, 0) is 18.6 Å². The van der Waals surface area contributed by atoms with Crippen molar-refractivity contribution >= 4 is 5.97 Å². The first-order valence-corrected chi connectivity index (χ1v) is 4.97. The van der Waals surface area contributed by atoms with Crippen molar-refractivity contribution in [3.05, 3.63) is 29.6 Å². The highest BCUT2D eigenvalue weighted by atomic mass is 19.1. The molecule has 1 aromatic carbocycles. The van der Waals surface area contributed by atoms with Gasteiger partial charge in [-0.2, -0.15) is 0 Å². The predicted octanol–water partition coefficient (Wildman–Crippen LogP) is 1.53. The van der Waals surface area contributed by atoms with Gasteiger partial charge in [-0.25, -0.2) is 9.18 Å². The molecule has 5 heteroatoms. The van der Waals surface area contributed by atoms with Crippen LogP contribution in [0.1, 0.15) is 18.9 Å².